The van der Waals surface area contributed by atoms with Crippen molar-refractivity contribution in [3.8, 4) is 0 Å². The first-order chi connectivity index (χ1) is 15.2. The lowest BCUT2D eigenvalue weighted by Crippen LogP contribution is -2.41. The molecule has 0 heterocycles. The summed E-state index contributed by atoms with van der Waals surface area (Å²) in [6, 6.07) is 18.6. The summed E-state index contributed by atoms with van der Waals surface area (Å²) in [5.41, 5.74) is 3.30. The molecule has 6 nitrogen and oxygen atoms in total. The van der Waals surface area contributed by atoms with E-state index in [0.717, 1.165) is 26.2 Å². The number of aryl methyl sites for hydroxylation is 1. The Hall–Kier alpha value is -2.97. The Labute approximate surface area is 196 Å². The molecular weight excluding hydrogens is 492 g/mol. The standard InChI is InChI=1S/C24H23BrN2O4S/c1-17-9-11-21(12-10-17)32(30,31)27(23-8-4-7-22(25)18(23)2)15-24(29)26-14-19-5-3-6-20(13-19)16-28/h3-13,16H,14-15H2,1-2H3,(H,26,29). The number of halogens is 1. The summed E-state index contributed by atoms with van der Waals surface area (Å²) in [5.74, 6) is -0.462. The minimum absolute atomic E-state index is 0.106. The van der Waals surface area contributed by atoms with Gasteiger partial charge in [-0.05, 0) is 55.3 Å². The monoisotopic (exact) mass is 514 g/mol. The molecule has 0 aliphatic carbocycles. The van der Waals surface area contributed by atoms with Crippen LogP contribution < -0.4 is 9.62 Å². The Balaban J connectivity index is 1.90. The smallest absolute Gasteiger partial charge is 0.264 e. The number of hydrogen-bond acceptors (Lipinski definition) is 4. The van der Waals surface area contributed by atoms with Crippen molar-refractivity contribution in [2.45, 2.75) is 25.3 Å². The number of aldehydes is 1. The Morgan fingerprint density at radius 1 is 1.03 bits per heavy atom. The number of sulfonamides is 1. The quantitative estimate of drug-likeness (QED) is 0.451. The van der Waals surface area contributed by atoms with Gasteiger partial charge in [0, 0.05) is 16.6 Å². The van der Waals surface area contributed by atoms with Gasteiger partial charge in [-0.3, -0.25) is 13.9 Å². The molecule has 0 fully saturated rings. The van der Waals surface area contributed by atoms with Gasteiger partial charge in [0.1, 0.15) is 12.8 Å². The first kappa shape index (κ1) is 23.7. The average molecular weight is 515 g/mol. The number of rotatable bonds is 8. The van der Waals surface area contributed by atoms with Gasteiger partial charge in [0.15, 0.2) is 0 Å². The topological polar surface area (TPSA) is 83.6 Å². The van der Waals surface area contributed by atoms with E-state index < -0.39 is 15.9 Å². The van der Waals surface area contributed by atoms with E-state index in [1.54, 1.807) is 55.5 Å². The van der Waals surface area contributed by atoms with E-state index >= 15 is 0 Å². The fourth-order valence-electron chi connectivity index (χ4n) is 3.17. The molecule has 166 valence electrons. The van der Waals surface area contributed by atoms with Crippen molar-refractivity contribution in [3.63, 3.8) is 0 Å². The van der Waals surface area contributed by atoms with Crippen molar-refractivity contribution in [2.75, 3.05) is 10.8 Å². The van der Waals surface area contributed by atoms with Crippen LogP contribution in [0.3, 0.4) is 0 Å². The summed E-state index contributed by atoms with van der Waals surface area (Å²) in [4.78, 5) is 23.9. The summed E-state index contributed by atoms with van der Waals surface area (Å²) in [5, 5.41) is 2.74. The third-order valence-electron chi connectivity index (χ3n) is 4.98. The van der Waals surface area contributed by atoms with Crippen LogP contribution in [-0.4, -0.2) is 27.2 Å². The van der Waals surface area contributed by atoms with Gasteiger partial charge in [-0.25, -0.2) is 8.42 Å². The normalized spacial score (nSPS) is 11.1. The first-order valence-corrected chi connectivity index (χ1v) is 12.1. The van der Waals surface area contributed by atoms with Crippen molar-refractivity contribution >= 4 is 43.8 Å². The lowest BCUT2D eigenvalue weighted by molar-refractivity contribution is -0.119. The highest BCUT2D eigenvalue weighted by atomic mass is 79.9. The third kappa shape index (κ3) is 5.44. The highest BCUT2D eigenvalue weighted by molar-refractivity contribution is 9.10. The Morgan fingerprint density at radius 3 is 2.41 bits per heavy atom. The molecule has 0 radical (unpaired) electrons. The third-order valence-corrected chi connectivity index (χ3v) is 7.61. The fourth-order valence-corrected chi connectivity index (χ4v) is 5.00. The van der Waals surface area contributed by atoms with Crippen molar-refractivity contribution in [2.24, 2.45) is 0 Å². The second-order valence-corrected chi connectivity index (χ2v) is 10.1. The van der Waals surface area contributed by atoms with Crippen LogP contribution in [-0.2, 0) is 21.4 Å². The maximum atomic E-state index is 13.5. The van der Waals surface area contributed by atoms with E-state index in [0.29, 0.717) is 16.8 Å². The number of benzene rings is 3. The van der Waals surface area contributed by atoms with Gasteiger partial charge in [-0.15, -0.1) is 0 Å². The fraction of sp³-hybridized carbons (Fsp3) is 0.167. The molecule has 0 saturated carbocycles. The van der Waals surface area contributed by atoms with Gasteiger partial charge < -0.3 is 5.32 Å². The van der Waals surface area contributed by atoms with Crippen LogP contribution in [0.15, 0.2) is 76.1 Å². The van der Waals surface area contributed by atoms with Crippen LogP contribution in [0.5, 0.6) is 0 Å². The van der Waals surface area contributed by atoms with Crippen LogP contribution in [0.25, 0.3) is 0 Å². The van der Waals surface area contributed by atoms with E-state index in [-0.39, 0.29) is 18.0 Å². The van der Waals surface area contributed by atoms with Crippen LogP contribution in [0.2, 0.25) is 0 Å². The number of hydrogen-bond donors (Lipinski definition) is 1. The summed E-state index contributed by atoms with van der Waals surface area (Å²) in [6.07, 6.45) is 0.733. The van der Waals surface area contributed by atoms with Crippen LogP contribution in [0, 0.1) is 13.8 Å². The minimum Gasteiger partial charge on any atom is -0.350 e. The van der Waals surface area contributed by atoms with Gasteiger partial charge in [0.2, 0.25) is 5.91 Å². The van der Waals surface area contributed by atoms with Crippen molar-refractivity contribution in [1.82, 2.24) is 5.32 Å². The Morgan fingerprint density at radius 2 is 1.72 bits per heavy atom. The van der Waals surface area contributed by atoms with E-state index in [1.807, 2.05) is 13.0 Å². The molecule has 0 aliphatic heterocycles. The van der Waals surface area contributed by atoms with Crippen molar-refractivity contribution in [3.05, 3.63) is 93.5 Å². The van der Waals surface area contributed by atoms with E-state index in [9.17, 15) is 18.0 Å². The van der Waals surface area contributed by atoms with Crippen LogP contribution >= 0.6 is 15.9 Å². The number of nitrogens with one attached hydrogen (secondary N) is 1. The SMILES string of the molecule is Cc1ccc(S(=O)(=O)N(CC(=O)NCc2cccc(C=O)c2)c2cccc(Br)c2C)cc1. The second kappa shape index (κ2) is 10.1. The highest BCUT2D eigenvalue weighted by Crippen LogP contribution is 2.31. The highest BCUT2D eigenvalue weighted by Gasteiger charge is 2.28. The van der Waals surface area contributed by atoms with E-state index in [4.69, 9.17) is 0 Å². The maximum Gasteiger partial charge on any atom is 0.264 e. The molecule has 1 N–H and O–H groups in total. The number of anilines is 1. The molecule has 0 unspecified atom stereocenters. The minimum atomic E-state index is -3.99. The van der Waals surface area contributed by atoms with Crippen LogP contribution in [0.1, 0.15) is 27.0 Å². The zero-order valence-corrected chi connectivity index (χ0v) is 20.1. The molecule has 0 aromatic heterocycles. The zero-order valence-electron chi connectivity index (χ0n) is 17.7. The second-order valence-electron chi connectivity index (χ2n) is 7.35. The zero-order chi connectivity index (χ0) is 23.3. The summed E-state index contributed by atoms with van der Waals surface area (Å²) in [7, 11) is -3.99. The predicted molar refractivity (Wildman–Crippen MR) is 128 cm³/mol. The van der Waals surface area contributed by atoms with Gasteiger partial charge >= 0.3 is 0 Å². The molecule has 0 saturated heterocycles. The molecule has 32 heavy (non-hydrogen) atoms. The molecule has 8 heteroatoms. The molecule has 3 aromatic carbocycles. The van der Waals surface area contributed by atoms with Gasteiger partial charge in [0.25, 0.3) is 10.0 Å². The molecule has 0 atom stereocenters. The Kier molecular flexibility index (Phi) is 7.48. The molecule has 0 spiro atoms. The summed E-state index contributed by atoms with van der Waals surface area (Å²) >= 11 is 3.44. The molecule has 0 aliphatic rings. The number of carbonyl (C=O) groups excluding carboxylic acids is 2. The van der Waals surface area contributed by atoms with Crippen molar-refractivity contribution < 1.29 is 18.0 Å². The largest absolute Gasteiger partial charge is 0.350 e. The number of amides is 1. The first-order valence-electron chi connectivity index (χ1n) is 9.87. The molecular formula is C24H23BrN2O4S. The van der Waals surface area contributed by atoms with E-state index in [1.165, 1.54) is 12.1 Å². The molecule has 3 rings (SSSR count). The lowest BCUT2D eigenvalue weighted by Gasteiger charge is -2.26. The number of carbonyl (C=O) groups is 2. The Bertz CT molecular complexity index is 1240. The summed E-state index contributed by atoms with van der Waals surface area (Å²) in [6.45, 7) is 3.46. The van der Waals surface area contributed by atoms with Gasteiger partial charge in [-0.1, -0.05) is 57.9 Å². The maximum absolute atomic E-state index is 13.5. The van der Waals surface area contributed by atoms with Crippen LogP contribution in [0.4, 0.5) is 5.69 Å². The molecule has 3 aromatic rings. The van der Waals surface area contributed by atoms with E-state index in [2.05, 4.69) is 21.2 Å². The predicted octanol–water partition coefficient (Wildman–Crippen LogP) is 4.39. The van der Waals surface area contributed by atoms with Crippen molar-refractivity contribution in [1.29, 1.82) is 0 Å². The lowest BCUT2D eigenvalue weighted by atomic mass is 10.1. The summed E-state index contributed by atoms with van der Waals surface area (Å²) < 4.78 is 28.8. The molecule has 1 amide bonds. The average Bonchev–Trinajstić information content (AvgIpc) is 2.78. The number of nitrogens with zero attached hydrogens (tertiary/aromatic N) is 1. The van der Waals surface area contributed by atoms with Gasteiger partial charge in [-0.2, -0.15) is 0 Å². The van der Waals surface area contributed by atoms with Gasteiger partial charge in [0.05, 0.1) is 10.6 Å². The molecule has 0 bridgehead atoms.